The lowest BCUT2D eigenvalue weighted by Gasteiger charge is -2.32. The Morgan fingerprint density at radius 2 is 2.00 bits per heavy atom. The minimum Gasteiger partial charge on any atom is -0.344 e. The maximum Gasteiger partial charge on any atom is 0.128 e. The van der Waals surface area contributed by atoms with Crippen molar-refractivity contribution in [3.8, 4) is 0 Å². The van der Waals surface area contributed by atoms with Crippen molar-refractivity contribution in [2.24, 2.45) is 7.05 Å². The lowest BCUT2D eigenvalue weighted by Crippen LogP contribution is -2.32. The first kappa shape index (κ1) is 13.9. The van der Waals surface area contributed by atoms with Crippen molar-refractivity contribution < 1.29 is 0 Å². The summed E-state index contributed by atoms with van der Waals surface area (Å²) in [6.45, 7) is 4.34. The molecule has 0 aliphatic carbocycles. The summed E-state index contributed by atoms with van der Waals surface area (Å²) in [7, 11) is 1.95. The molecule has 1 unspecified atom stereocenters. The molecule has 0 saturated heterocycles. The molecule has 110 valence electrons. The fraction of sp³-hybridized carbons (Fsp3) is 0.353. The van der Waals surface area contributed by atoms with Crippen LogP contribution in [0.2, 0.25) is 0 Å². The van der Waals surface area contributed by atoms with Gasteiger partial charge in [-0.3, -0.25) is 9.58 Å². The standard InChI is InChI=1S/C17H22N4/c1-14(15-6-4-3-5-7-15)21-12-9-16(10-13-21)19-17-8-11-18-20(17)2/h3-9,11,14,19H,10,12-13H2,1-2H3. The normalized spacial score (nSPS) is 17.3. The summed E-state index contributed by atoms with van der Waals surface area (Å²) >= 11 is 0. The number of anilines is 1. The maximum atomic E-state index is 4.18. The van der Waals surface area contributed by atoms with Gasteiger partial charge in [-0.1, -0.05) is 36.4 Å². The molecule has 0 bridgehead atoms. The Morgan fingerprint density at radius 3 is 2.62 bits per heavy atom. The van der Waals surface area contributed by atoms with Crippen molar-refractivity contribution in [1.29, 1.82) is 0 Å². The molecule has 1 N–H and O–H groups in total. The molecule has 1 aromatic heterocycles. The Hall–Kier alpha value is -2.07. The van der Waals surface area contributed by atoms with E-state index in [-0.39, 0.29) is 0 Å². The molecule has 1 aromatic carbocycles. The van der Waals surface area contributed by atoms with Crippen molar-refractivity contribution >= 4 is 5.82 Å². The van der Waals surface area contributed by atoms with Crippen LogP contribution in [0.4, 0.5) is 5.82 Å². The van der Waals surface area contributed by atoms with Crippen LogP contribution in [0.5, 0.6) is 0 Å². The number of aryl methyl sites for hydroxylation is 1. The second-order valence-electron chi connectivity index (χ2n) is 5.53. The van der Waals surface area contributed by atoms with E-state index >= 15 is 0 Å². The highest BCUT2D eigenvalue weighted by atomic mass is 15.3. The molecule has 4 nitrogen and oxygen atoms in total. The summed E-state index contributed by atoms with van der Waals surface area (Å²) < 4.78 is 1.86. The van der Waals surface area contributed by atoms with Gasteiger partial charge in [0.05, 0.1) is 6.20 Å². The highest BCUT2D eigenvalue weighted by Gasteiger charge is 2.18. The van der Waals surface area contributed by atoms with Gasteiger partial charge in [-0.05, 0) is 18.9 Å². The minimum atomic E-state index is 0.459. The molecule has 0 spiro atoms. The van der Waals surface area contributed by atoms with E-state index < -0.39 is 0 Å². The summed E-state index contributed by atoms with van der Waals surface area (Å²) in [4.78, 5) is 2.50. The Morgan fingerprint density at radius 1 is 1.19 bits per heavy atom. The molecule has 1 atom stereocenters. The van der Waals surface area contributed by atoms with Gasteiger partial charge in [0.15, 0.2) is 0 Å². The maximum absolute atomic E-state index is 4.18. The van der Waals surface area contributed by atoms with E-state index in [1.54, 1.807) is 0 Å². The van der Waals surface area contributed by atoms with E-state index in [0.29, 0.717) is 6.04 Å². The SMILES string of the molecule is CC(c1ccccc1)N1CC=C(Nc2ccnn2C)CC1. The van der Waals surface area contributed by atoms with Crippen LogP contribution in [0.25, 0.3) is 0 Å². The number of aromatic nitrogens is 2. The van der Waals surface area contributed by atoms with Crippen LogP contribution in [-0.2, 0) is 7.05 Å². The van der Waals surface area contributed by atoms with Gasteiger partial charge in [0.2, 0.25) is 0 Å². The molecule has 21 heavy (non-hydrogen) atoms. The summed E-state index contributed by atoms with van der Waals surface area (Å²) in [5.74, 6) is 1.05. The average Bonchev–Trinajstić information content (AvgIpc) is 2.93. The fourth-order valence-electron chi connectivity index (χ4n) is 2.75. The molecule has 1 aliphatic heterocycles. The smallest absolute Gasteiger partial charge is 0.128 e. The van der Waals surface area contributed by atoms with Crippen molar-refractivity contribution in [2.45, 2.75) is 19.4 Å². The number of nitrogens with zero attached hydrogens (tertiary/aromatic N) is 3. The Kier molecular flexibility index (Phi) is 4.06. The van der Waals surface area contributed by atoms with E-state index in [9.17, 15) is 0 Å². The third-order valence-corrected chi connectivity index (χ3v) is 4.18. The zero-order valence-corrected chi connectivity index (χ0v) is 12.7. The summed E-state index contributed by atoms with van der Waals surface area (Å²) in [6, 6.07) is 13.2. The van der Waals surface area contributed by atoms with E-state index in [0.717, 1.165) is 25.3 Å². The van der Waals surface area contributed by atoms with Gasteiger partial charge < -0.3 is 5.32 Å². The largest absolute Gasteiger partial charge is 0.344 e. The lowest BCUT2D eigenvalue weighted by molar-refractivity contribution is 0.227. The zero-order chi connectivity index (χ0) is 14.7. The fourth-order valence-corrected chi connectivity index (χ4v) is 2.75. The molecular weight excluding hydrogens is 260 g/mol. The van der Waals surface area contributed by atoms with Crippen LogP contribution < -0.4 is 5.32 Å². The third kappa shape index (κ3) is 3.16. The van der Waals surface area contributed by atoms with Gasteiger partial charge in [-0.25, -0.2) is 0 Å². The first-order chi connectivity index (χ1) is 10.2. The molecule has 0 saturated carbocycles. The van der Waals surface area contributed by atoms with Crippen molar-refractivity contribution in [3.63, 3.8) is 0 Å². The molecule has 3 rings (SSSR count). The van der Waals surface area contributed by atoms with E-state index in [4.69, 9.17) is 0 Å². The monoisotopic (exact) mass is 282 g/mol. The molecule has 0 radical (unpaired) electrons. The van der Waals surface area contributed by atoms with Gasteiger partial charge >= 0.3 is 0 Å². The van der Waals surface area contributed by atoms with Crippen LogP contribution in [-0.4, -0.2) is 27.8 Å². The van der Waals surface area contributed by atoms with Crippen molar-refractivity contribution in [1.82, 2.24) is 14.7 Å². The molecule has 0 fully saturated rings. The lowest BCUT2D eigenvalue weighted by atomic mass is 10.0. The third-order valence-electron chi connectivity index (χ3n) is 4.18. The second-order valence-corrected chi connectivity index (χ2v) is 5.53. The number of benzene rings is 1. The topological polar surface area (TPSA) is 33.1 Å². The number of hydrogen-bond donors (Lipinski definition) is 1. The molecule has 0 amide bonds. The Balaban J connectivity index is 1.63. The first-order valence-electron chi connectivity index (χ1n) is 7.47. The zero-order valence-electron chi connectivity index (χ0n) is 12.7. The highest BCUT2D eigenvalue weighted by Crippen LogP contribution is 2.24. The van der Waals surface area contributed by atoms with Crippen molar-refractivity contribution in [3.05, 3.63) is 59.9 Å². The Bertz CT molecular complexity index is 615. The molecule has 2 heterocycles. The van der Waals surface area contributed by atoms with Crippen LogP contribution in [0.3, 0.4) is 0 Å². The van der Waals surface area contributed by atoms with E-state index in [1.165, 1.54) is 11.3 Å². The van der Waals surface area contributed by atoms with Crippen LogP contribution in [0.15, 0.2) is 54.4 Å². The average molecular weight is 282 g/mol. The highest BCUT2D eigenvalue weighted by molar-refractivity contribution is 5.41. The van der Waals surface area contributed by atoms with E-state index in [1.807, 2.05) is 24.0 Å². The summed E-state index contributed by atoms with van der Waals surface area (Å²) in [5.41, 5.74) is 2.67. The van der Waals surface area contributed by atoms with Gasteiger partial charge in [0, 0.05) is 37.9 Å². The van der Waals surface area contributed by atoms with Crippen molar-refractivity contribution in [2.75, 3.05) is 18.4 Å². The molecule has 4 heteroatoms. The summed E-state index contributed by atoms with van der Waals surface area (Å²) in [5, 5.41) is 7.64. The number of rotatable bonds is 4. The molecular formula is C17H22N4. The van der Waals surface area contributed by atoms with Gasteiger partial charge in [0.1, 0.15) is 5.82 Å². The summed E-state index contributed by atoms with van der Waals surface area (Å²) in [6.07, 6.45) is 5.15. The Labute approximate surface area is 126 Å². The second kappa shape index (κ2) is 6.14. The van der Waals surface area contributed by atoms with Crippen LogP contribution in [0, 0.1) is 0 Å². The van der Waals surface area contributed by atoms with Gasteiger partial charge in [-0.2, -0.15) is 5.10 Å². The quantitative estimate of drug-likeness (QED) is 0.935. The van der Waals surface area contributed by atoms with E-state index in [2.05, 4.69) is 58.6 Å². The first-order valence-corrected chi connectivity index (χ1v) is 7.47. The predicted molar refractivity (Wildman–Crippen MR) is 86.0 cm³/mol. The van der Waals surface area contributed by atoms with Gasteiger partial charge in [0.25, 0.3) is 0 Å². The van der Waals surface area contributed by atoms with Crippen LogP contribution in [0.1, 0.15) is 24.9 Å². The molecule has 1 aliphatic rings. The minimum absolute atomic E-state index is 0.459. The van der Waals surface area contributed by atoms with Crippen LogP contribution >= 0.6 is 0 Å². The predicted octanol–water partition coefficient (Wildman–Crippen LogP) is 3.18. The van der Waals surface area contributed by atoms with Gasteiger partial charge in [-0.15, -0.1) is 0 Å². The number of nitrogens with one attached hydrogen (secondary N) is 1. The number of hydrogen-bond acceptors (Lipinski definition) is 3. The molecule has 2 aromatic rings.